The molecular formula is C15H19F2NO2S. The van der Waals surface area contributed by atoms with Gasteiger partial charge in [0.2, 0.25) is 5.91 Å². The van der Waals surface area contributed by atoms with Crippen molar-refractivity contribution in [1.82, 2.24) is 4.90 Å². The van der Waals surface area contributed by atoms with Gasteiger partial charge in [-0.3, -0.25) is 4.79 Å². The minimum Gasteiger partial charge on any atom is -0.391 e. The molecule has 1 N–H and O–H groups in total. The molecule has 0 radical (unpaired) electrons. The third kappa shape index (κ3) is 4.41. The summed E-state index contributed by atoms with van der Waals surface area (Å²) in [5.41, 5.74) is 0. The summed E-state index contributed by atoms with van der Waals surface area (Å²) in [5, 5.41) is 9.78. The monoisotopic (exact) mass is 315 g/mol. The van der Waals surface area contributed by atoms with Crippen LogP contribution in [0, 0.1) is 17.6 Å². The van der Waals surface area contributed by atoms with Gasteiger partial charge in [-0.25, -0.2) is 8.78 Å². The molecule has 2 atom stereocenters. The molecule has 0 spiro atoms. The van der Waals surface area contributed by atoms with E-state index in [4.69, 9.17) is 0 Å². The third-order valence-electron chi connectivity index (χ3n) is 3.75. The SMILES string of the molecule is CC1CCN(C(=O)CCSc2ccc(F)c(F)c2)CC1O. The van der Waals surface area contributed by atoms with E-state index in [0.29, 0.717) is 30.2 Å². The van der Waals surface area contributed by atoms with Crippen LogP contribution in [0.1, 0.15) is 19.8 Å². The molecule has 0 aliphatic carbocycles. The summed E-state index contributed by atoms with van der Waals surface area (Å²) in [6.07, 6.45) is 0.676. The Hall–Kier alpha value is -1.14. The van der Waals surface area contributed by atoms with Crippen LogP contribution in [0.15, 0.2) is 23.1 Å². The molecule has 1 aromatic carbocycles. The number of nitrogens with zero attached hydrogens (tertiary/aromatic N) is 1. The lowest BCUT2D eigenvalue weighted by atomic mass is 9.96. The Labute approximate surface area is 127 Å². The molecule has 1 aromatic rings. The van der Waals surface area contributed by atoms with Crippen molar-refractivity contribution in [3.05, 3.63) is 29.8 Å². The molecule has 21 heavy (non-hydrogen) atoms. The van der Waals surface area contributed by atoms with Gasteiger partial charge in [0.05, 0.1) is 6.10 Å². The molecule has 116 valence electrons. The van der Waals surface area contributed by atoms with Crippen molar-refractivity contribution in [1.29, 1.82) is 0 Å². The Bertz CT molecular complexity index is 512. The number of benzene rings is 1. The maximum Gasteiger partial charge on any atom is 0.223 e. The van der Waals surface area contributed by atoms with Gasteiger partial charge in [0.1, 0.15) is 0 Å². The molecule has 0 bridgehead atoms. The highest BCUT2D eigenvalue weighted by atomic mass is 32.2. The summed E-state index contributed by atoms with van der Waals surface area (Å²) >= 11 is 1.32. The fraction of sp³-hybridized carbons (Fsp3) is 0.533. The van der Waals surface area contributed by atoms with Crippen LogP contribution >= 0.6 is 11.8 Å². The second-order valence-corrected chi connectivity index (χ2v) is 6.52. The average molecular weight is 315 g/mol. The number of thioether (sulfide) groups is 1. The number of rotatable bonds is 4. The fourth-order valence-corrected chi connectivity index (χ4v) is 3.12. The van der Waals surface area contributed by atoms with Gasteiger partial charge in [0.15, 0.2) is 11.6 Å². The zero-order chi connectivity index (χ0) is 15.4. The summed E-state index contributed by atoms with van der Waals surface area (Å²) in [4.78, 5) is 14.3. The van der Waals surface area contributed by atoms with Crippen LogP contribution in [-0.2, 0) is 4.79 Å². The van der Waals surface area contributed by atoms with Crippen molar-refractivity contribution in [2.24, 2.45) is 5.92 Å². The molecule has 1 saturated heterocycles. The van der Waals surface area contributed by atoms with Crippen LogP contribution in [0.3, 0.4) is 0 Å². The number of aliphatic hydroxyl groups excluding tert-OH is 1. The zero-order valence-electron chi connectivity index (χ0n) is 11.9. The van der Waals surface area contributed by atoms with Gasteiger partial charge < -0.3 is 10.0 Å². The van der Waals surface area contributed by atoms with Crippen LogP contribution in [0.4, 0.5) is 8.78 Å². The summed E-state index contributed by atoms with van der Waals surface area (Å²) in [7, 11) is 0. The van der Waals surface area contributed by atoms with Gasteiger partial charge in [-0.15, -0.1) is 11.8 Å². The van der Waals surface area contributed by atoms with Gasteiger partial charge >= 0.3 is 0 Å². The second kappa shape index (κ2) is 7.22. The number of aliphatic hydroxyl groups is 1. The zero-order valence-corrected chi connectivity index (χ0v) is 12.7. The summed E-state index contributed by atoms with van der Waals surface area (Å²) in [5.74, 6) is -1.01. The first-order valence-electron chi connectivity index (χ1n) is 7.01. The largest absolute Gasteiger partial charge is 0.391 e. The van der Waals surface area contributed by atoms with Crippen molar-refractivity contribution < 1.29 is 18.7 Å². The van der Waals surface area contributed by atoms with Crippen LogP contribution in [0.5, 0.6) is 0 Å². The number of carbonyl (C=O) groups excluding carboxylic acids is 1. The summed E-state index contributed by atoms with van der Waals surface area (Å²) in [6, 6.07) is 3.72. The van der Waals surface area contributed by atoms with E-state index in [-0.39, 0.29) is 11.8 Å². The maximum atomic E-state index is 13.0. The summed E-state index contributed by atoms with van der Waals surface area (Å²) < 4.78 is 25.8. The Kier molecular flexibility index (Phi) is 5.58. The van der Waals surface area contributed by atoms with E-state index in [1.807, 2.05) is 6.92 Å². The average Bonchev–Trinajstić information content (AvgIpc) is 2.45. The molecule has 0 aromatic heterocycles. The van der Waals surface area contributed by atoms with Crippen LogP contribution in [0.2, 0.25) is 0 Å². The minimum absolute atomic E-state index is 0.00367. The van der Waals surface area contributed by atoms with E-state index in [0.717, 1.165) is 18.6 Å². The number of carbonyl (C=O) groups is 1. The lowest BCUT2D eigenvalue weighted by Crippen LogP contribution is -2.45. The van der Waals surface area contributed by atoms with Crippen molar-refractivity contribution >= 4 is 17.7 Å². The topological polar surface area (TPSA) is 40.5 Å². The van der Waals surface area contributed by atoms with E-state index in [1.165, 1.54) is 17.8 Å². The molecule has 1 fully saturated rings. The molecule has 1 amide bonds. The van der Waals surface area contributed by atoms with E-state index >= 15 is 0 Å². The first kappa shape index (κ1) is 16.2. The van der Waals surface area contributed by atoms with Gasteiger partial charge in [0, 0.05) is 30.2 Å². The number of halogens is 2. The van der Waals surface area contributed by atoms with Gasteiger partial charge in [-0.05, 0) is 30.5 Å². The standard InChI is InChI=1S/C15H19F2NO2S/c1-10-4-6-18(9-14(10)19)15(20)5-7-21-11-2-3-12(16)13(17)8-11/h2-3,8,10,14,19H,4-7,9H2,1H3. The molecular weight excluding hydrogens is 296 g/mol. The number of β-amino-alcohol motifs (C(OH)–C–C–N with tert-alkyl or cyclic N) is 1. The lowest BCUT2D eigenvalue weighted by Gasteiger charge is -2.34. The highest BCUT2D eigenvalue weighted by Gasteiger charge is 2.26. The molecule has 1 aliphatic rings. The van der Waals surface area contributed by atoms with E-state index in [9.17, 15) is 18.7 Å². The van der Waals surface area contributed by atoms with E-state index < -0.39 is 17.7 Å². The molecule has 3 nitrogen and oxygen atoms in total. The van der Waals surface area contributed by atoms with Crippen molar-refractivity contribution in [2.45, 2.75) is 30.8 Å². The highest BCUT2D eigenvalue weighted by Crippen LogP contribution is 2.22. The third-order valence-corrected chi connectivity index (χ3v) is 4.74. The first-order valence-corrected chi connectivity index (χ1v) is 7.99. The van der Waals surface area contributed by atoms with Crippen LogP contribution in [0.25, 0.3) is 0 Å². The fourth-order valence-electron chi connectivity index (χ4n) is 2.26. The Morgan fingerprint density at radius 2 is 2.19 bits per heavy atom. The van der Waals surface area contributed by atoms with E-state index in [2.05, 4.69) is 0 Å². The van der Waals surface area contributed by atoms with Crippen LogP contribution < -0.4 is 0 Å². The maximum absolute atomic E-state index is 13.0. The molecule has 1 aliphatic heterocycles. The molecule has 1 heterocycles. The Morgan fingerprint density at radius 1 is 1.43 bits per heavy atom. The molecule has 0 saturated carbocycles. The first-order chi connectivity index (χ1) is 9.97. The van der Waals surface area contributed by atoms with Gasteiger partial charge in [0.25, 0.3) is 0 Å². The van der Waals surface area contributed by atoms with Crippen molar-refractivity contribution in [3.8, 4) is 0 Å². The van der Waals surface area contributed by atoms with Gasteiger partial charge in [-0.2, -0.15) is 0 Å². The van der Waals surface area contributed by atoms with Crippen molar-refractivity contribution in [3.63, 3.8) is 0 Å². The Balaban J connectivity index is 1.77. The van der Waals surface area contributed by atoms with Gasteiger partial charge in [-0.1, -0.05) is 6.92 Å². The number of likely N-dealkylation sites (tertiary alicyclic amines) is 1. The number of piperidine rings is 1. The smallest absolute Gasteiger partial charge is 0.223 e. The highest BCUT2D eigenvalue weighted by molar-refractivity contribution is 7.99. The quantitative estimate of drug-likeness (QED) is 0.869. The Morgan fingerprint density at radius 3 is 2.86 bits per heavy atom. The number of hydrogen-bond donors (Lipinski definition) is 1. The minimum atomic E-state index is -0.875. The lowest BCUT2D eigenvalue weighted by molar-refractivity contribution is -0.134. The molecule has 2 unspecified atom stereocenters. The second-order valence-electron chi connectivity index (χ2n) is 5.35. The molecule has 2 rings (SSSR count). The van der Waals surface area contributed by atoms with Crippen LogP contribution in [-0.4, -0.2) is 40.9 Å². The van der Waals surface area contributed by atoms with Crippen molar-refractivity contribution in [2.75, 3.05) is 18.8 Å². The number of hydrogen-bond acceptors (Lipinski definition) is 3. The number of amides is 1. The normalized spacial score (nSPS) is 22.4. The predicted molar refractivity (Wildman–Crippen MR) is 78.1 cm³/mol. The molecule has 6 heteroatoms. The van der Waals surface area contributed by atoms with E-state index in [1.54, 1.807) is 4.90 Å². The predicted octanol–water partition coefficient (Wildman–Crippen LogP) is 2.68. The summed E-state index contributed by atoms with van der Waals surface area (Å²) in [6.45, 7) is 3.04.